The number of thiophene rings is 1. The van der Waals surface area contributed by atoms with Gasteiger partial charge in [0.1, 0.15) is 5.75 Å². The van der Waals surface area contributed by atoms with Crippen molar-refractivity contribution in [2.75, 3.05) is 7.11 Å². The number of hydrogen-bond donors (Lipinski definition) is 0. The van der Waals surface area contributed by atoms with Crippen LogP contribution in [0.5, 0.6) is 5.75 Å². The van der Waals surface area contributed by atoms with E-state index < -0.39 is 0 Å². The zero-order chi connectivity index (χ0) is 12.4. The summed E-state index contributed by atoms with van der Waals surface area (Å²) in [6.07, 6.45) is 0. The first-order valence-electron chi connectivity index (χ1n) is 5.16. The third-order valence-electron chi connectivity index (χ3n) is 2.54. The fraction of sp³-hybridized carbons (Fsp3) is 0.231. The largest absolute Gasteiger partial charge is 0.496 e. The zero-order valence-corrected chi connectivity index (χ0v) is 12.7. The molecule has 0 spiro atoms. The van der Waals surface area contributed by atoms with Crippen LogP contribution in [0.1, 0.15) is 20.7 Å². The molecule has 1 unspecified atom stereocenters. The smallest absolute Gasteiger partial charge is 0.123 e. The van der Waals surface area contributed by atoms with E-state index in [0.29, 0.717) is 0 Å². The second-order valence-electron chi connectivity index (χ2n) is 3.66. The van der Waals surface area contributed by atoms with Crippen LogP contribution in [0.3, 0.4) is 0 Å². The monoisotopic (exact) mass is 330 g/mol. The molecule has 0 saturated heterocycles. The number of methoxy groups -OCH3 is 1. The number of alkyl halides is 1. The van der Waals surface area contributed by atoms with Gasteiger partial charge in [0.25, 0.3) is 0 Å². The van der Waals surface area contributed by atoms with Gasteiger partial charge in [0.15, 0.2) is 0 Å². The molecule has 4 heteroatoms. The third-order valence-corrected chi connectivity index (χ3v) is 5.34. The molecule has 1 aromatic carbocycles. The highest BCUT2D eigenvalue weighted by molar-refractivity contribution is 9.10. The summed E-state index contributed by atoms with van der Waals surface area (Å²) < 4.78 is 6.44. The van der Waals surface area contributed by atoms with Crippen LogP contribution in [0.15, 0.2) is 34.8 Å². The van der Waals surface area contributed by atoms with Crippen LogP contribution in [-0.2, 0) is 0 Å². The van der Waals surface area contributed by atoms with Crippen LogP contribution in [0.25, 0.3) is 0 Å². The van der Waals surface area contributed by atoms with E-state index in [4.69, 9.17) is 16.3 Å². The standard InChI is InChI=1S/C13H12BrClOS/c1-8-10(14)7-12(17-8)13(15)9-5-3-4-6-11(9)16-2/h3-7,13H,1-2H3. The van der Waals surface area contributed by atoms with Crippen molar-refractivity contribution in [1.29, 1.82) is 0 Å². The van der Waals surface area contributed by atoms with E-state index in [2.05, 4.69) is 28.9 Å². The zero-order valence-electron chi connectivity index (χ0n) is 9.54. The van der Waals surface area contributed by atoms with Crippen molar-refractivity contribution in [2.24, 2.45) is 0 Å². The van der Waals surface area contributed by atoms with Gasteiger partial charge in [-0.25, -0.2) is 0 Å². The normalized spacial score (nSPS) is 12.5. The maximum Gasteiger partial charge on any atom is 0.123 e. The third kappa shape index (κ3) is 2.67. The van der Waals surface area contributed by atoms with Gasteiger partial charge in [-0.15, -0.1) is 22.9 Å². The summed E-state index contributed by atoms with van der Waals surface area (Å²) in [7, 11) is 1.66. The molecule has 0 fully saturated rings. The Morgan fingerprint density at radius 2 is 2.06 bits per heavy atom. The van der Waals surface area contributed by atoms with E-state index in [1.54, 1.807) is 18.4 Å². The average Bonchev–Trinajstić information content (AvgIpc) is 2.68. The summed E-state index contributed by atoms with van der Waals surface area (Å²) in [5.41, 5.74) is 1.01. The van der Waals surface area contributed by atoms with Gasteiger partial charge in [-0.1, -0.05) is 18.2 Å². The Kier molecular flexibility index (Phi) is 4.13. The lowest BCUT2D eigenvalue weighted by Gasteiger charge is -2.12. The molecule has 0 N–H and O–H groups in total. The Balaban J connectivity index is 2.39. The second kappa shape index (κ2) is 5.42. The predicted molar refractivity (Wildman–Crippen MR) is 77.4 cm³/mol. The summed E-state index contributed by atoms with van der Waals surface area (Å²) in [4.78, 5) is 2.36. The first-order valence-corrected chi connectivity index (χ1v) is 7.21. The van der Waals surface area contributed by atoms with E-state index >= 15 is 0 Å². The molecule has 2 aromatic rings. The van der Waals surface area contributed by atoms with Crippen molar-refractivity contribution in [1.82, 2.24) is 0 Å². The van der Waals surface area contributed by atoms with Crippen molar-refractivity contribution in [3.63, 3.8) is 0 Å². The van der Waals surface area contributed by atoms with E-state index in [1.165, 1.54) is 4.88 Å². The van der Waals surface area contributed by atoms with Gasteiger partial charge in [-0.05, 0) is 35.0 Å². The first kappa shape index (κ1) is 12.9. The van der Waals surface area contributed by atoms with Gasteiger partial charge in [-0.3, -0.25) is 0 Å². The Morgan fingerprint density at radius 3 is 2.65 bits per heavy atom. The lowest BCUT2D eigenvalue weighted by molar-refractivity contribution is 0.410. The maximum atomic E-state index is 6.51. The number of ether oxygens (including phenoxy) is 1. The molecule has 0 aliphatic rings. The maximum absolute atomic E-state index is 6.51. The molecule has 90 valence electrons. The quantitative estimate of drug-likeness (QED) is 0.706. The molecule has 2 rings (SSSR count). The molecule has 0 radical (unpaired) electrons. The molecule has 0 bridgehead atoms. The summed E-state index contributed by atoms with van der Waals surface area (Å²) >= 11 is 11.7. The van der Waals surface area contributed by atoms with E-state index in [1.807, 2.05) is 24.3 Å². The van der Waals surface area contributed by atoms with Gasteiger partial charge in [0.05, 0.1) is 12.5 Å². The topological polar surface area (TPSA) is 9.23 Å². The van der Waals surface area contributed by atoms with Crippen molar-refractivity contribution in [3.8, 4) is 5.75 Å². The van der Waals surface area contributed by atoms with E-state index in [9.17, 15) is 0 Å². The molecular weight excluding hydrogens is 320 g/mol. The molecule has 1 nitrogen and oxygen atoms in total. The van der Waals surface area contributed by atoms with Crippen LogP contribution >= 0.6 is 38.9 Å². The molecule has 0 amide bonds. The van der Waals surface area contributed by atoms with Crippen molar-refractivity contribution < 1.29 is 4.74 Å². The van der Waals surface area contributed by atoms with E-state index in [0.717, 1.165) is 20.7 Å². The minimum atomic E-state index is -0.166. The van der Waals surface area contributed by atoms with Crippen molar-refractivity contribution in [3.05, 3.63) is 50.1 Å². The minimum absolute atomic E-state index is 0.166. The first-order chi connectivity index (χ1) is 8.13. The van der Waals surface area contributed by atoms with Crippen molar-refractivity contribution >= 4 is 38.9 Å². The highest BCUT2D eigenvalue weighted by atomic mass is 79.9. The summed E-state index contributed by atoms with van der Waals surface area (Å²) in [6.45, 7) is 2.07. The molecule has 1 aromatic heterocycles. The van der Waals surface area contributed by atoms with Crippen LogP contribution in [-0.4, -0.2) is 7.11 Å². The lowest BCUT2D eigenvalue weighted by Crippen LogP contribution is -1.95. The number of para-hydroxylation sites is 1. The molecular formula is C13H12BrClOS. The lowest BCUT2D eigenvalue weighted by atomic mass is 10.1. The second-order valence-corrected chi connectivity index (χ2v) is 6.24. The minimum Gasteiger partial charge on any atom is -0.496 e. The Morgan fingerprint density at radius 1 is 1.35 bits per heavy atom. The van der Waals surface area contributed by atoms with E-state index in [-0.39, 0.29) is 5.38 Å². The van der Waals surface area contributed by atoms with Crippen LogP contribution < -0.4 is 4.74 Å². The number of aryl methyl sites for hydroxylation is 1. The Labute approximate surface area is 119 Å². The summed E-state index contributed by atoms with van der Waals surface area (Å²) in [6, 6.07) is 9.92. The van der Waals surface area contributed by atoms with Gasteiger partial charge >= 0.3 is 0 Å². The number of hydrogen-bond acceptors (Lipinski definition) is 2. The SMILES string of the molecule is COc1ccccc1C(Cl)c1cc(Br)c(C)s1. The highest BCUT2D eigenvalue weighted by Gasteiger charge is 2.18. The fourth-order valence-corrected chi connectivity index (χ4v) is 3.57. The summed E-state index contributed by atoms with van der Waals surface area (Å²) in [5, 5.41) is -0.166. The average molecular weight is 332 g/mol. The van der Waals surface area contributed by atoms with Crippen LogP contribution in [0.2, 0.25) is 0 Å². The summed E-state index contributed by atoms with van der Waals surface area (Å²) in [5.74, 6) is 0.828. The van der Waals surface area contributed by atoms with Crippen LogP contribution in [0, 0.1) is 6.92 Å². The molecule has 17 heavy (non-hydrogen) atoms. The molecule has 0 aliphatic carbocycles. The molecule has 0 aliphatic heterocycles. The Bertz CT molecular complexity index is 504. The Hall–Kier alpha value is -0.510. The fourth-order valence-electron chi connectivity index (χ4n) is 1.64. The van der Waals surface area contributed by atoms with Crippen molar-refractivity contribution in [2.45, 2.75) is 12.3 Å². The van der Waals surface area contributed by atoms with Gasteiger partial charge in [0.2, 0.25) is 0 Å². The van der Waals surface area contributed by atoms with Crippen LogP contribution in [0.4, 0.5) is 0 Å². The van der Waals surface area contributed by atoms with Gasteiger partial charge in [0, 0.05) is 19.8 Å². The number of benzene rings is 1. The molecule has 0 saturated carbocycles. The highest BCUT2D eigenvalue weighted by Crippen LogP contribution is 2.40. The van der Waals surface area contributed by atoms with Gasteiger partial charge < -0.3 is 4.74 Å². The molecule has 1 heterocycles. The predicted octanol–water partition coefficient (Wildman–Crippen LogP) is 5.16. The number of halogens is 2. The molecule has 1 atom stereocenters. The number of rotatable bonds is 3. The van der Waals surface area contributed by atoms with Gasteiger partial charge in [-0.2, -0.15) is 0 Å².